The van der Waals surface area contributed by atoms with Gasteiger partial charge in [-0.05, 0) is 29.5 Å². The van der Waals surface area contributed by atoms with Crippen LogP contribution in [0.3, 0.4) is 0 Å². The normalized spacial score (nSPS) is 12.6. The zero-order valence-electron chi connectivity index (χ0n) is 11.4. The highest BCUT2D eigenvalue weighted by atomic mass is 79.9. The van der Waals surface area contributed by atoms with E-state index in [1.54, 1.807) is 0 Å². The van der Waals surface area contributed by atoms with E-state index in [-0.39, 0.29) is 5.41 Å². The molecular formula is C14H20BrN3. The Morgan fingerprint density at radius 3 is 2.67 bits per heavy atom. The molecule has 0 saturated carbocycles. The van der Waals surface area contributed by atoms with Gasteiger partial charge in [0.05, 0.1) is 11.0 Å². The Balaban J connectivity index is 2.48. The summed E-state index contributed by atoms with van der Waals surface area (Å²) in [7, 11) is 0. The van der Waals surface area contributed by atoms with Crippen molar-refractivity contribution in [2.45, 2.75) is 34.2 Å². The van der Waals surface area contributed by atoms with Crippen LogP contribution >= 0.6 is 15.9 Å². The number of fused-ring (bicyclic) bond motifs is 1. The number of aromatic nitrogens is 2. The monoisotopic (exact) mass is 309 g/mol. The molecule has 0 atom stereocenters. The summed E-state index contributed by atoms with van der Waals surface area (Å²) in [5.41, 5.74) is 8.28. The molecule has 0 radical (unpaired) electrons. The first-order chi connectivity index (χ1) is 8.31. The topological polar surface area (TPSA) is 43.8 Å². The number of nitrogens with two attached hydrogens (primary N) is 1. The molecule has 3 nitrogen and oxygen atoms in total. The number of imidazole rings is 1. The van der Waals surface area contributed by atoms with Crippen molar-refractivity contribution in [2.24, 2.45) is 11.3 Å². The van der Waals surface area contributed by atoms with Crippen LogP contribution in [-0.2, 0) is 6.54 Å². The van der Waals surface area contributed by atoms with Crippen LogP contribution in [0.1, 0.15) is 27.7 Å². The standard InChI is InChI=1S/C14H20BrN3/c1-9(2)14(3,4)8-18-12-6-5-10(15)7-11(12)17-13(18)16/h5-7,9H,8H2,1-4H3,(H2,16,17). The molecule has 98 valence electrons. The molecule has 0 amide bonds. The van der Waals surface area contributed by atoms with Gasteiger partial charge in [-0.2, -0.15) is 0 Å². The van der Waals surface area contributed by atoms with E-state index >= 15 is 0 Å². The Hall–Kier alpha value is -1.03. The average Bonchev–Trinajstić information content (AvgIpc) is 2.54. The first-order valence-electron chi connectivity index (χ1n) is 6.22. The van der Waals surface area contributed by atoms with Gasteiger partial charge in [-0.15, -0.1) is 0 Å². The highest BCUT2D eigenvalue weighted by molar-refractivity contribution is 9.10. The van der Waals surface area contributed by atoms with Gasteiger partial charge >= 0.3 is 0 Å². The second-order valence-corrected chi connectivity index (χ2v) is 6.75. The van der Waals surface area contributed by atoms with Crippen LogP contribution in [0.15, 0.2) is 22.7 Å². The minimum absolute atomic E-state index is 0.189. The molecule has 0 bridgehead atoms. The molecule has 0 aliphatic rings. The largest absolute Gasteiger partial charge is 0.369 e. The summed E-state index contributed by atoms with van der Waals surface area (Å²) in [6.07, 6.45) is 0. The van der Waals surface area contributed by atoms with Crippen molar-refractivity contribution in [2.75, 3.05) is 5.73 Å². The maximum absolute atomic E-state index is 6.05. The van der Waals surface area contributed by atoms with Gasteiger partial charge in [0.2, 0.25) is 5.95 Å². The first-order valence-corrected chi connectivity index (χ1v) is 7.02. The summed E-state index contributed by atoms with van der Waals surface area (Å²) >= 11 is 3.46. The summed E-state index contributed by atoms with van der Waals surface area (Å²) in [6.45, 7) is 9.90. The van der Waals surface area contributed by atoms with Crippen molar-refractivity contribution in [3.63, 3.8) is 0 Å². The van der Waals surface area contributed by atoms with Crippen molar-refractivity contribution in [3.05, 3.63) is 22.7 Å². The van der Waals surface area contributed by atoms with Crippen molar-refractivity contribution < 1.29 is 0 Å². The van der Waals surface area contributed by atoms with E-state index < -0.39 is 0 Å². The third kappa shape index (κ3) is 2.39. The lowest BCUT2D eigenvalue weighted by atomic mass is 9.81. The minimum atomic E-state index is 0.189. The molecule has 0 fully saturated rings. The number of benzene rings is 1. The van der Waals surface area contributed by atoms with Gasteiger partial charge in [0, 0.05) is 11.0 Å². The van der Waals surface area contributed by atoms with Gasteiger partial charge in [-0.25, -0.2) is 4.98 Å². The summed E-state index contributed by atoms with van der Waals surface area (Å²) in [5, 5.41) is 0. The fraction of sp³-hybridized carbons (Fsp3) is 0.500. The van der Waals surface area contributed by atoms with E-state index in [4.69, 9.17) is 5.73 Å². The Labute approximate surface area is 117 Å². The van der Waals surface area contributed by atoms with Crippen LogP contribution in [0.5, 0.6) is 0 Å². The lowest BCUT2D eigenvalue weighted by molar-refractivity contribution is 0.214. The average molecular weight is 310 g/mol. The predicted molar refractivity (Wildman–Crippen MR) is 80.5 cm³/mol. The fourth-order valence-electron chi connectivity index (χ4n) is 1.88. The van der Waals surface area contributed by atoms with Crippen molar-refractivity contribution in [1.82, 2.24) is 9.55 Å². The Kier molecular flexibility index (Phi) is 3.41. The van der Waals surface area contributed by atoms with E-state index in [0.29, 0.717) is 11.9 Å². The molecule has 1 aromatic heterocycles. The van der Waals surface area contributed by atoms with Gasteiger partial charge in [0.15, 0.2) is 0 Å². The van der Waals surface area contributed by atoms with E-state index in [0.717, 1.165) is 22.1 Å². The third-order valence-corrected chi connectivity index (χ3v) is 4.36. The molecule has 2 rings (SSSR count). The highest BCUT2D eigenvalue weighted by Crippen LogP contribution is 2.31. The van der Waals surface area contributed by atoms with E-state index in [9.17, 15) is 0 Å². The molecule has 1 aromatic carbocycles. The van der Waals surface area contributed by atoms with Gasteiger partial charge in [0.25, 0.3) is 0 Å². The van der Waals surface area contributed by atoms with Crippen molar-refractivity contribution in [3.8, 4) is 0 Å². The molecule has 2 N–H and O–H groups in total. The summed E-state index contributed by atoms with van der Waals surface area (Å²) in [5.74, 6) is 1.18. The molecule has 4 heteroatoms. The molecule has 0 aliphatic carbocycles. The van der Waals surface area contributed by atoms with Crippen molar-refractivity contribution in [1.29, 1.82) is 0 Å². The number of anilines is 1. The molecule has 18 heavy (non-hydrogen) atoms. The lowest BCUT2D eigenvalue weighted by Gasteiger charge is -2.30. The van der Waals surface area contributed by atoms with Gasteiger partial charge in [-0.3, -0.25) is 0 Å². The van der Waals surface area contributed by atoms with E-state index in [1.165, 1.54) is 0 Å². The lowest BCUT2D eigenvalue weighted by Crippen LogP contribution is -2.26. The third-order valence-electron chi connectivity index (χ3n) is 3.87. The van der Waals surface area contributed by atoms with Gasteiger partial charge < -0.3 is 10.3 Å². The smallest absolute Gasteiger partial charge is 0.201 e. The van der Waals surface area contributed by atoms with Gasteiger partial charge in [-0.1, -0.05) is 43.6 Å². The Morgan fingerprint density at radius 1 is 1.39 bits per heavy atom. The first kappa shape index (κ1) is 13.4. The maximum atomic E-state index is 6.05. The summed E-state index contributed by atoms with van der Waals surface area (Å²) in [6, 6.07) is 6.10. The highest BCUT2D eigenvalue weighted by Gasteiger charge is 2.24. The quantitative estimate of drug-likeness (QED) is 0.929. The van der Waals surface area contributed by atoms with Crippen LogP contribution in [0, 0.1) is 11.3 Å². The van der Waals surface area contributed by atoms with Crippen LogP contribution in [0.4, 0.5) is 5.95 Å². The second-order valence-electron chi connectivity index (χ2n) is 5.83. The summed E-state index contributed by atoms with van der Waals surface area (Å²) in [4.78, 5) is 4.43. The van der Waals surface area contributed by atoms with Crippen LogP contribution in [0.25, 0.3) is 11.0 Å². The van der Waals surface area contributed by atoms with Crippen LogP contribution in [0.2, 0.25) is 0 Å². The zero-order valence-corrected chi connectivity index (χ0v) is 13.0. The number of hydrogen-bond donors (Lipinski definition) is 1. The number of nitrogens with zero attached hydrogens (tertiary/aromatic N) is 2. The SMILES string of the molecule is CC(C)C(C)(C)Cn1c(N)nc2cc(Br)ccc21. The van der Waals surface area contributed by atoms with Crippen LogP contribution < -0.4 is 5.73 Å². The Bertz CT molecular complexity index is 570. The fourth-order valence-corrected chi connectivity index (χ4v) is 2.23. The minimum Gasteiger partial charge on any atom is -0.369 e. The van der Waals surface area contributed by atoms with Crippen molar-refractivity contribution >= 4 is 32.9 Å². The van der Waals surface area contributed by atoms with E-state index in [2.05, 4.69) is 59.2 Å². The number of hydrogen-bond acceptors (Lipinski definition) is 2. The number of halogens is 1. The molecule has 0 saturated heterocycles. The second kappa shape index (κ2) is 4.57. The molecule has 0 unspecified atom stereocenters. The molecule has 2 aromatic rings. The predicted octanol–water partition coefficient (Wildman–Crippen LogP) is 4.06. The van der Waals surface area contributed by atoms with Gasteiger partial charge in [0.1, 0.15) is 0 Å². The maximum Gasteiger partial charge on any atom is 0.201 e. The zero-order chi connectivity index (χ0) is 13.5. The van der Waals surface area contributed by atoms with Crippen LogP contribution in [-0.4, -0.2) is 9.55 Å². The molecule has 0 aliphatic heterocycles. The number of rotatable bonds is 3. The molecule has 1 heterocycles. The number of nitrogen functional groups attached to an aromatic ring is 1. The Morgan fingerprint density at radius 2 is 2.06 bits per heavy atom. The molecular weight excluding hydrogens is 290 g/mol. The van der Waals surface area contributed by atoms with E-state index in [1.807, 2.05) is 12.1 Å². The molecule has 0 spiro atoms. The summed E-state index contributed by atoms with van der Waals surface area (Å²) < 4.78 is 3.14.